The van der Waals surface area contributed by atoms with E-state index in [1.807, 2.05) is 6.26 Å². The Morgan fingerprint density at radius 2 is 2.00 bits per heavy atom. The lowest BCUT2D eigenvalue weighted by atomic mass is 10.1. The van der Waals surface area contributed by atoms with Gasteiger partial charge in [0.1, 0.15) is 11.5 Å². The minimum absolute atomic E-state index is 0.219. The fourth-order valence-corrected chi connectivity index (χ4v) is 1.58. The van der Waals surface area contributed by atoms with Gasteiger partial charge in [-0.25, -0.2) is 0 Å². The van der Waals surface area contributed by atoms with Crippen molar-refractivity contribution in [3.8, 4) is 0 Å². The standard InChI is InChI=1S/C6H12O4S/c1-11-4-2-3(7)5(8)6(9)10-4/h3-9H,2H2,1H3. The van der Waals surface area contributed by atoms with Gasteiger partial charge < -0.3 is 20.1 Å². The van der Waals surface area contributed by atoms with E-state index in [4.69, 9.17) is 20.1 Å². The third kappa shape index (κ3) is 2.07. The molecule has 0 aromatic rings. The summed E-state index contributed by atoms with van der Waals surface area (Å²) in [6, 6.07) is 0. The molecule has 4 nitrogen and oxygen atoms in total. The summed E-state index contributed by atoms with van der Waals surface area (Å²) in [5, 5.41) is 27.2. The van der Waals surface area contributed by atoms with Crippen molar-refractivity contribution in [2.75, 3.05) is 6.26 Å². The quantitative estimate of drug-likeness (QED) is 0.489. The summed E-state index contributed by atoms with van der Waals surface area (Å²) in [5.74, 6) is 0. The first kappa shape index (κ1) is 9.28. The maximum atomic E-state index is 9.15. The Hall–Kier alpha value is 0.190. The molecule has 0 spiro atoms. The molecule has 66 valence electrons. The van der Waals surface area contributed by atoms with Crippen LogP contribution in [-0.4, -0.2) is 45.5 Å². The van der Waals surface area contributed by atoms with Crippen molar-refractivity contribution in [3.05, 3.63) is 0 Å². The van der Waals surface area contributed by atoms with E-state index in [0.29, 0.717) is 6.42 Å². The van der Waals surface area contributed by atoms with E-state index in [2.05, 4.69) is 0 Å². The number of hydrogen-bond acceptors (Lipinski definition) is 5. The van der Waals surface area contributed by atoms with Crippen molar-refractivity contribution >= 4 is 11.8 Å². The highest BCUT2D eigenvalue weighted by Gasteiger charge is 2.34. The van der Waals surface area contributed by atoms with Crippen LogP contribution in [0.1, 0.15) is 6.42 Å². The average molecular weight is 180 g/mol. The summed E-state index contributed by atoms with van der Waals surface area (Å²) in [4.78, 5) is 0. The minimum atomic E-state index is -1.25. The summed E-state index contributed by atoms with van der Waals surface area (Å²) in [6.45, 7) is 0. The van der Waals surface area contributed by atoms with Gasteiger partial charge in [0.25, 0.3) is 0 Å². The lowest BCUT2D eigenvalue weighted by Crippen LogP contribution is -2.47. The highest BCUT2D eigenvalue weighted by molar-refractivity contribution is 7.99. The molecule has 0 bridgehead atoms. The van der Waals surface area contributed by atoms with E-state index in [-0.39, 0.29) is 5.44 Å². The molecule has 4 unspecified atom stereocenters. The van der Waals surface area contributed by atoms with E-state index in [0.717, 1.165) is 0 Å². The summed E-state index contributed by atoms with van der Waals surface area (Å²) in [7, 11) is 0. The molecule has 1 rings (SSSR count). The van der Waals surface area contributed by atoms with Crippen LogP contribution in [0.25, 0.3) is 0 Å². The van der Waals surface area contributed by atoms with Crippen LogP contribution in [0.3, 0.4) is 0 Å². The van der Waals surface area contributed by atoms with Crippen LogP contribution in [-0.2, 0) is 4.74 Å². The molecule has 5 heteroatoms. The van der Waals surface area contributed by atoms with Crippen LogP contribution >= 0.6 is 11.8 Å². The van der Waals surface area contributed by atoms with Crippen molar-refractivity contribution in [1.82, 2.24) is 0 Å². The predicted molar refractivity (Wildman–Crippen MR) is 41.0 cm³/mol. The summed E-state index contributed by atoms with van der Waals surface area (Å²) in [5.41, 5.74) is -0.219. The second kappa shape index (κ2) is 3.73. The molecule has 4 atom stereocenters. The molecule has 0 aromatic carbocycles. The first-order chi connectivity index (χ1) is 5.15. The van der Waals surface area contributed by atoms with Crippen molar-refractivity contribution < 1.29 is 20.1 Å². The Labute approximate surface area is 69.2 Å². The van der Waals surface area contributed by atoms with Crippen molar-refractivity contribution in [1.29, 1.82) is 0 Å². The minimum Gasteiger partial charge on any atom is -0.390 e. The number of ether oxygens (including phenoxy) is 1. The van der Waals surface area contributed by atoms with Gasteiger partial charge in [-0.3, -0.25) is 0 Å². The molecule has 0 amide bonds. The zero-order valence-corrected chi connectivity index (χ0v) is 6.99. The van der Waals surface area contributed by atoms with Gasteiger partial charge in [-0.1, -0.05) is 0 Å². The van der Waals surface area contributed by atoms with Crippen LogP contribution in [0.5, 0.6) is 0 Å². The Morgan fingerprint density at radius 1 is 1.36 bits per heavy atom. The maximum absolute atomic E-state index is 9.15. The third-order valence-electron chi connectivity index (χ3n) is 1.67. The van der Waals surface area contributed by atoms with Crippen molar-refractivity contribution in [3.63, 3.8) is 0 Å². The van der Waals surface area contributed by atoms with Gasteiger partial charge >= 0.3 is 0 Å². The summed E-state index contributed by atoms with van der Waals surface area (Å²) in [6.07, 6.45) is -1.12. The monoisotopic (exact) mass is 180 g/mol. The van der Waals surface area contributed by atoms with Gasteiger partial charge in [0.2, 0.25) is 0 Å². The van der Waals surface area contributed by atoms with E-state index in [1.165, 1.54) is 11.8 Å². The van der Waals surface area contributed by atoms with Crippen LogP contribution in [0, 0.1) is 0 Å². The molecular formula is C6H12O4S. The Morgan fingerprint density at radius 3 is 2.45 bits per heavy atom. The molecule has 11 heavy (non-hydrogen) atoms. The molecule has 1 fully saturated rings. The van der Waals surface area contributed by atoms with Crippen LogP contribution in [0.15, 0.2) is 0 Å². The van der Waals surface area contributed by atoms with E-state index in [1.54, 1.807) is 0 Å². The fourth-order valence-electron chi connectivity index (χ4n) is 0.970. The normalized spacial score (nSPS) is 45.8. The van der Waals surface area contributed by atoms with Gasteiger partial charge in [0, 0.05) is 6.42 Å². The van der Waals surface area contributed by atoms with Gasteiger partial charge in [-0.15, -0.1) is 11.8 Å². The van der Waals surface area contributed by atoms with Crippen LogP contribution < -0.4 is 0 Å². The molecule has 1 heterocycles. The molecular weight excluding hydrogens is 168 g/mol. The maximum Gasteiger partial charge on any atom is 0.184 e. The van der Waals surface area contributed by atoms with Crippen LogP contribution in [0.4, 0.5) is 0 Å². The SMILES string of the molecule is CSC1CC(O)C(O)C(O)O1. The molecule has 3 N–H and O–H groups in total. The fraction of sp³-hybridized carbons (Fsp3) is 1.00. The predicted octanol–water partition coefficient (Wildman–Crippen LogP) is -0.864. The lowest BCUT2D eigenvalue weighted by molar-refractivity contribution is -0.228. The van der Waals surface area contributed by atoms with E-state index < -0.39 is 18.5 Å². The van der Waals surface area contributed by atoms with E-state index in [9.17, 15) is 0 Å². The molecule has 1 aliphatic rings. The van der Waals surface area contributed by atoms with E-state index >= 15 is 0 Å². The highest BCUT2D eigenvalue weighted by Crippen LogP contribution is 2.24. The van der Waals surface area contributed by atoms with Gasteiger partial charge in [-0.05, 0) is 6.26 Å². The first-order valence-corrected chi connectivity index (χ1v) is 4.66. The zero-order valence-electron chi connectivity index (χ0n) is 6.17. The van der Waals surface area contributed by atoms with Crippen LogP contribution in [0.2, 0.25) is 0 Å². The molecule has 0 radical (unpaired) electrons. The third-order valence-corrected chi connectivity index (χ3v) is 2.50. The van der Waals surface area contributed by atoms with Gasteiger partial charge in [0.15, 0.2) is 6.29 Å². The molecule has 0 aromatic heterocycles. The van der Waals surface area contributed by atoms with Crippen molar-refractivity contribution in [2.45, 2.75) is 30.4 Å². The molecule has 1 saturated heterocycles. The second-order valence-electron chi connectivity index (χ2n) is 2.49. The number of aliphatic hydroxyl groups excluding tert-OH is 3. The molecule has 0 saturated carbocycles. The Kier molecular flexibility index (Phi) is 3.15. The topological polar surface area (TPSA) is 69.9 Å². The molecule has 1 aliphatic heterocycles. The zero-order chi connectivity index (χ0) is 8.43. The summed E-state index contributed by atoms with van der Waals surface area (Å²) < 4.78 is 4.93. The lowest BCUT2D eigenvalue weighted by Gasteiger charge is -2.33. The smallest absolute Gasteiger partial charge is 0.184 e. The first-order valence-electron chi connectivity index (χ1n) is 3.37. The Balaban J connectivity index is 2.47. The average Bonchev–Trinajstić information content (AvgIpc) is 1.99. The highest BCUT2D eigenvalue weighted by atomic mass is 32.2. The molecule has 0 aliphatic carbocycles. The number of thioether (sulfide) groups is 1. The second-order valence-corrected chi connectivity index (χ2v) is 3.48. The summed E-state index contributed by atoms with van der Waals surface area (Å²) >= 11 is 1.40. The Bertz CT molecular complexity index is 120. The largest absolute Gasteiger partial charge is 0.390 e. The van der Waals surface area contributed by atoms with Gasteiger partial charge in [0.05, 0.1) is 6.10 Å². The number of hydrogen-bond donors (Lipinski definition) is 3. The number of rotatable bonds is 1. The van der Waals surface area contributed by atoms with Crippen molar-refractivity contribution in [2.24, 2.45) is 0 Å². The number of aliphatic hydroxyl groups is 3. The van der Waals surface area contributed by atoms with Gasteiger partial charge in [-0.2, -0.15) is 0 Å².